The van der Waals surface area contributed by atoms with Gasteiger partial charge in [0.05, 0.1) is 17.6 Å². The van der Waals surface area contributed by atoms with Crippen LogP contribution in [0.25, 0.3) is 21.9 Å². The number of rotatable bonds is 15. The highest BCUT2D eigenvalue weighted by Crippen LogP contribution is 2.42. The van der Waals surface area contributed by atoms with Gasteiger partial charge in [-0.1, -0.05) is 129 Å². The lowest BCUT2D eigenvalue weighted by Crippen LogP contribution is -2.38. The molecule has 49 heavy (non-hydrogen) atoms. The molecule has 0 atom stereocenters. The van der Waals surface area contributed by atoms with Crippen LogP contribution in [0, 0.1) is 0 Å². The largest absolute Gasteiger partial charge is 0.458 e. The van der Waals surface area contributed by atoms with Crippen molar-refractivity contribution < 1.29 is 14.3 Å². The molecule has 0 saturated heterocycles. The van der Waals surface area contributed by atoms with E-state index in [0.29, 0.717) is 32.0 Å². The molecule has 2 aromatic heterocycles. The summed E-state index contributed by atoms with van der Waals surface area (Å²) in [6.45, 7) is 9.30. The second-order valence-corrected chi connectivity index (χ2v) is 13.1. The Morgan fingerprint density at radius 1 is 0.755 bits per heavy atom. The second-order valence-electron chi connectivity index (χ2n) is 13.1. The number of hydrogen-bond acceptors (Lipinski definition) is 6. The van der Waals surface area contributed by atoms with Crippen LogP contribution in [-0.4, -0.2) is 32.7 Å². The van der Waals surface area contributed by atoms with Crippen molar-refractivity contribution in [2.75, 3.05) is 11.9 Å². The van der Waals surface area contributed by atoms with Gasteiger partial charge in [0.25, 0.3) is 0 Å². The number of ether oxygens (including phenoxy) is 2. The molecule has 7 nitrogen and oxygen atoms in total. The molecule has 0 spiro atoms. The molecule has 0 unspecified atom stereocenters. The molecule has 252 valence electrons. The number of fused-ring (bicyclic) bond motifs is 3. The first kappa shape index (κ1) is 33.9. The zero-order chi connectivity index (χ0) is 34.3. The maximum Gasteiger partial charge on any atom is 0.306 e. The number of unbranched alkanes of at least 4 members (excludes halogenated alkanes) is 2. The molecular formula is C42H46N4O3. The van der Waals surface area contributed by atoms with Crippen LogP contribution in [0.1, 0.15) is 75.9 Å². The lowest BCUT2D eigenvalue weighted by Gasteiger charge is -2.37. The zero-order valence-corrected chi connectivity index (χ0v) is 29.0. The highest BCUT2D eigenvalue weighted by molar-refractivity contribution is 6.07. The molecule has 0 bridgehead atoms. The number of para-hydroxylation sites is 1. The van der Waals surface area contributed by atoms with Crippen molar-refractivity contribution >= 4 is 33.7 Å². The van der Waals surface area contributed by atoms with Crippen molar-refractivity contribution in [1.29, 1.82) is 0 Å². The van der Waals surface area contributed by atoms with Gasteiger partial charge in [0.15, 0.2) is 5.82 Å². The number of pyridine rings is 1. The normalized spacial score (nSPS) is 12.0. The van der Waals surface area contributed by atoms with E-state index in [4.69, 9.17) is 19.4 Å². The maximum absolute atomic E-state index is 12.9. The van der Waals surface area contributed by atoms with E-state index in [0.717, 1.165) is 63.7 Å². The van der Waals surface area contributed by atoms with Crippen molar-refractivity contribution in [3.8, 4) is 0 Å². The molecule has 0 amide bonds. The summed E-state index contributed by atoms with van der Waals surface area (Å²) in [5.41, 5.74) is 4.09. The molecule has 0 aliphatic heterocycles. The van der Waals surface area contributed by atoms with Crippen molar-refractivity contribution in [2.24, 2.45) is 0 Å². The first-order valence-electron chi connectivity index (χ1n) is 17.4. The Labute approximate surface area is 289 Å². The van der Waals surface area contributed by atoms with E-state index in [-0.39, 0.29) is 5.97 Å². The van der Waals surface area contributed by atoms with Crippen LogP contribution >= 0.6 is 0 Å². The number of aromatic nitrogens is 3. The van der Waals surface area contributed by atoms with Gasteiger partial charge in [-0.3, -0.25) is 4.79 Å². The fourth-order valence-corrected chi connectivity index (χ4v) is 6.69. The van der Waals surface area contributed by atoms with Crippen LogP contribution in [0.2, 0.25) is 0 Å². The molecule has 6 aromatic rings. The molecule has 0 fully saturated rings. The first-order valence-corrected chi connectivity index (χ1v) is 17.4. The van der Waals surface area contributed by atoms with Gasteiger partial charge < -0.3 is 19.4 Å². The van der Waals surface area contributed by atoms with Gasteiger partial charge in [0, 0.05) is 18.4 Å². The zero-order valence-electron chi connectivity index (χ0n) is 29.0. The van der Waals surface area contributed by atoms with Crippen molar-refractivity contribution in [3.05, 3.63) is 138 Å². The van der Waals surface area contributed by atoms with Crippen LogP contribution in [0.15, 0.2) is 115 Å². The molecule has 1 N–H and O–H groups in total. The summed E-state index contributed by atoms with van der Waals surface area (Å²) in [5.74, 6) is 1.22. The molecule has 0 aliphatic rings. The van der Waals surface area contributed by atoms with Crippen molar-refractivity contribution in [2.45, 2.75) is 77.7 Å². The van der Waals surface area contributed by atoms with Crippen LogP contribution in [0.3, 0.4) is 0 Å². The Hall–Kier alpha value is -5.01. The Kier molecular flexibility index (Phi) is 10.4. The summed E-state index contributed by atoms with van der Waals surface area (Å²) in [4.78, 5) is 23.5. The van der Waals surface area contributed by atoms with Crippen LogP contribution in [-0.2, 0) is 33.0 Å². The minimum Gasteiger partial charge on any atom is -0.458 e. The predicted octanol–water partition coefficient (Wildman–Crippen LogP) is 9.43. The van der Waals surface area contributed by atoms with Gasteiger partial charge in [-0.15, -0.1) is 0 Å². The summed E-state index contributed by atoms with van der Waals surface area (Å²) < 4.78 is 14.2. The molecule has 0 saturated carbocycles. The highest BCUT2D eigenvalue weighted by Gasteiger charge is 2.38. The van der Waals surface area contributed by atoms with Crippen LogP contribution in [0.4, 0.5) is 5.82 Å². The van der Waals surface area contributed by atoms with E-state index in [2.05, 4.69) is 95.7 Å². The fourth-order valence-electron chi connectivity index (χ4n) is 6.69. The third-order valence-corrected chi connectivity index (χ3v) is 8.94. The van der Waals surface area contributed by atoms with E-state index in [9.17, 15) is 4.79 Å². The van der Waals surface area contributed by atoms with Crippen LogP contribution in [0.5, 0.6) is 0 Å². The third kappa shape index (κ3) is 7.22. The minimum absolute atomic E-state index is 0.179. The topological polar surface area (TPSA) is 78.3 Å². The van der Waals surface area contributed by atoms with Crippen LogP contribution < -0.4 is 5.32 Å². The van der Waals surface area contributed by atoms with Crippen molar-refractivity contribution in [1.82, 2.24) is 14.5 Å². The van der Waals surface area contributed by atoms with E-state index in [1.54, 1.807) is 0 Å². The summed E-state index contributed by atoms with van der Waals surface area (Å²) in [6.07, 6.45) is 3.29. The Morgan fingerprint density at radius 2 is 1.33 bits per heavy atom. The summed E-state index contributed by atoms with van der Waals surface area (Å²) in [6, 6.07) is 39.6. The Bertz CT molecular complexity index is 1890. The minimum atomic E-state index is -0.802. The number of imidazole rings is 1. The molecule has 4 aromatic carbocycles. The third-order valence-electron chi connectivity index (χ3n) is 8.94. The SMILES string of the molecule is CCCCCC(=O)OC(C)(C)Cn1c(COCC)nc2c(NC(c3ccccc3)(c3ccccc3)c3ccccc3)nc3ccccc3c21. The monoisotopic (exact) mass is 654 g/mol. The summed E-state index contributed by atoms with van der Waals surface area (Å²) >= 11 is 0. The van der Waals surface area contributed by atoms with E-state index >= 15 is 0 Å². The molecule has 0 aliphatic carbocycles. The van der Waals surface area contributed by atoms with E-state index < -0.39 is 11.1 Å². The van der Waals surface area contributed by atoms with Gasteiger partial charge in [-0.05, 0) is 49.9 Å². The van der Waals surface area contributed by atoms with Gasteiger partial charge in [0.2, 0.25) is 0 Å². The second kappa shape index (κ2) is 15.0. The van der Waals surface area contributed by atoms with Gasteiger partial charge in [-0.2, -0.15) is 0 Å². The Balaban J connectivity index is 1.57. The fraction of sp³-hybridized carbons (Fsp3) is 0.310. The number of carbonyl (C=O) groups is 1. The van der Waals surface area contributed by atoms with Crippen molar-refractivity contribution in [3.63, 3.8) is 0 Å². The molecule has 6 rings (SSSR count). The number of benzene rings is 4. The van der Waals surface area contributed by atoms with Gasteiger partial charge in [-0.25, -0.2) is 9.97 Å². The predicted molar refractivity (Wildman–Crippen MR) is 198 cm³/mol. The maximum atomic E-state index is 12.9. The van der Waals surface area contributed by atoms with E-state index in [1.807, 2.05) is 57.2 Å². The quantitative estimate of drug-likeness (QED) is 0.0675. The van der Waals surface area contributed by atoms with E-state index in [1.165, 1.54) is 0 Å². The average Bonchev–Trinajstić information content (AvgIpc) is 3.48. The molecular weight excluding hydrogens is 608 g/mol. The highest BCUT2D eigenvalue weighted by atomic mass is 16.6. The standard InChI is InChI=1S/C42H46N4O3/c1-5-7-11-28-37(47)49-41(3,4)30-46-36(29-48-6-2)44-38-39(46)34-26-18-19-27-35(34)43-40(38)45-42(31-20-12-8-13-21-31,32-22-14-9-15-23-32)33-24-16-10-17-25-33/h8-10,12-27H,5-7,11,28-30H2,1-4H3,(H,43,45). The number of esters is 1. The average molecular weight is 655 g/mol. The Morgan fingerprint density at radius 3 is 1.90 bits per heavy atom. The van der Waals surface area contributed by atoms with Gasteiger partial charge >= 0.3 is 5.97 Å². The molecule has 0 radical (unpaired) electrons. The lowest BCUT2D eigenvalue weighted by molar-refractivity contribution is -0.157. The number of carbonyl (C=O) groups excluding carboxylic acids is 1. The first-order chi connectivity index (χ1) is 23.9. The number of hydrogen-bond donors (Lipinski definition) is 1. The number of nitrogens with one attached hydrogen (secondary N) is 1. The van der Waals surface area contributed by atoms with Gasteiger partial charge in [0.1, 0.15) is 29.1 Å². The molecule has 7 heteroatoms. The smallest absolute Gasteiger partial charge is 0.306 e. The number of nitrogens with zero attached hydrogens (tertiary/aromatic N) is 3. The number of anilines is 1. The lowest BCUT2D eigenvalue weighted by atomic mass is 9.77. The molecule has 2 heterocycles. The summed E-state index contributed by atoms with van der Waals surface area (Å²) in [5, 5.41) is 4.95. The summed E-state index contributed by atoms with van der Waals surface area (Å²) in [7, 11) is 0.